The van der Waals surface area contributed by atoms with Crippen molar-refractivity contribution in [1.82, 2.24) is 9.55 Å². The zero-order valence-electron chi connectivity index (χ0n) is 10.5. The largest absolute Gasteiger partial charge is 0.472 e. The lowest BCUT2D eigenvalue weighted by Gasteiger charge is -2.12. The van der Waals surface area contributed by atoms with Crippen molar-refractivity contribution < 1.29 is 33.5 Å². The third-order valence-corrected chi connectivity index (χ3v) is 2.95. The van der Waals surface area contributed by atoms with Crippen LogP contribution in [0.4, 0.5) is 0 Å². The number of carbonyl (C=O) groups excluding carboxylic acids is 1. The van der Waals surface area contributed by atoms with Crippen LogP contribution in [0.2, 0.25) is 0 Å². The second kappa shape index (κ2) is 7.41. The predicted molar refractivity (Wildman–Crippen MR) is 66.3 cm³/mol. The van der Waals surface area contributed by atoms with Gasteiger partial charge in [-0.2, -0.15) is 0 Å². The molecular formula is C9H13N2O9P. The van der Waals surface area contributed by atoms with Crippen LogP contribution in [0.5, 0.6) is 0 Å². The normalized spacial score (nSPS) is 14.1. The number of phosphoric acid groups is 1. The Balaban J connectivity index is 2.52. The molecule has 0 amide bonds. The average molecular weight is 324 g/mol. The summed E-state index contributed by atoms with van der Waals surface area (Å²) in [6.07, 6.45) is -0.888. The maximum Gasteiger partial charge on any atom is 0.472 e. The van der Waals surface area contributed by atoms with Gasteiger partial charge in [-0.05, 0) is 0 Å². The summed E-state index contributed by atoms with van der Waals surface area (Å²) in [5, 5.41) is 16.9. The smallest absolute Gasteiger partial charge is 0.366 e. The van der Waals surface area contributed by atoms with Crippen LogP contribution in [0.1, 0.15) is 0 Å². The highest BCUT2D eigenvalue weighted by Gasteiger charge is 2.23. The first-order valence-corrected chi connectivity index (χ1v) is 6.98. The summed E-state index contributed by atoms with van der Waals surface area (Å²) in [7, 11) is -4.61. The number of rotatable bonds is 8. The number of aromatic amines is 1. The first kappa shape index (κ1) is 17.4. The fourth-order valence-corrected chi connectivity index (χ4v) is 1.86. The van der Waals surface area contributed by atoms with Gasteiger partial charge in [0.2, 0.25) is 0 Å². The Morgan fingerprint density at radius 2 is 2.05 bits per heavy atom. The molecule has 0 aliphatic heterocycles. The third kappa shape index (κ3) is 6.58. The Hall–Kier alpha value is -1.62. The molecule has 12 heteroatoms. The molecule has 1 rings (SSSR count). The zero-order chi connectivity index (χ0) is 16.0. The number of H-pyrrole nitrogens is 1. The van der Waals surface area contributed by atoms with Crippen molar-refractivity contribution in [2.75, 3.05) is 13.2 Å². The van der Waals surface area contributed by atoms with Gasteiger partial charge in [0.15, 0.2) is 12.1 Å². The van der Waals surface area contributed by atoms with E-state index in [1.54, 1.807) is 0 Å². The maximum atomic E-state index is 11.5. The number of aromatic nitrogens is 2. The molecule has 0 radical (unpaired) electrons. The number of aliphatic hydroxyl groups excluding tert-OH is 1. The van der Waals surface area contributed by atoms with E-state index in [1.165, 1.54) is 0 Å². The molecule has 1 aromatic rings. The lowest BCUT2D eigenvalue weighted by atomic mass is 10.4. The van der Waals surface area contributed by atoms with E-state index in [9.17, 15) is 18.9 Å². The molecule has 0 aliphatic carbocycles. The lowest BCUT2D eigenvalue weighted by Crippen LogP contribution is -2.31. The first-order chi connectivity index (χ1) is 9.69. The minimum atomic E-state index is -4.61. The van der Waals surface area contributed by atoms with Gasteiger partial charge in [0.05, 0.1) is 6.54 Å². The minimum Gasteiger partial charge on any atom is -0.366 e. The maximum absolute atomic E-state index is 11.5. The van der Waals surface area contributed by atoms with Gasteiger partial charge in [0, 0.05) is 12.3 Å². The molecule has 21 heavy (non-hydrogen) atoms. The molecule has 0 saturated carbocycles. The van der Waals surface area contributed by atoms with Gasteiger partial charge in [-0.3, -0.25) is 28.2 Å². The molecule has 4 N–H and O–H groups in total. The Kier molecular flexibility index (Phi) is 6.15. The van der Waals surface area contributed by atoms with E-state index < -0.39 is 50.9 Å². The van der Waals surface area contributed by atoms with Crippen molar-refractivity contribution in [3.05, 3.63) is 33.1 Å². The Morgan fingerprint density at radius 3 is 2.62 bits per heavy atom. The summed E-state index contributed by atoms with van der Waals surface area (Å²) in [6, 6.07) is 1.03. The highest BCUT2D eigenvalue weighted by Crippen LogP contribution is 2.42. The number of hydrogen-bond acceptors (Lipinski definition) is 8. The van der Waals surface area contributed by atoms with E-state index in [4.69, 9.17) is 15.1 Å². The zero-order valence-corrected chi connectivity index (χ0v) is 11.4. The monoisotopic (exact) mass is 324 g/mol. The van der Waals surface area contributed by atoms with Crippen LogP contribution in [0, 0.1) is 0 Å². The van der Waals surface area contributed by atoms with Gasteiger partial charge in [-0.25, -0.2) is 9.36 Å². The van der Waals surface area contributed by atoms with Gasteiger partial charge in [-0.1, -0.05) is 0 Å². The Bertz CT molecular complexity index is 649. The van der Waals surface area contributed by atoms with Crippen molar-refractivity contribution in [1.29, 1.82) is 0 Å². The van der Waals surface area contributed by atoms with Crippen molar-refractivity contribution in [2.24, 2.45) is 0 Å². The first-order valence-electron chi connectivity index (χ1n) is 5.49. The molecular weight excluding hydrogens is 311 g/mol. The summed E-state index contributed by atoms with van der Waals surface area (Å²) in [4.78, 5) is 44.6. The molecule has 118 valence electrons. The molecule has 1 unspecified atom stereocenters. The molecule has 0 bridgehead atoms. The number of ketones is 1. The SMILES string of the molecule is O=C(COP(=O)(O)OCC(O)O)Cn1ccc(=O)[nH]c1=O. The van der Waals surface area contributed by atoms with Gasteiger partial charge < -0.3 is 15.1 Å². The van der Waals surface area contributed by atoms with Crippen molar-refractivity contribution >= 4 is 13.6 Å². The van der Waals surface area contributed by atoms with Crippen LogP contribution in [-0.2, 0) is 25.0 Å². The summed E-state index contributed by atoms with van der Waals surface area (Å²) in [6.45, 7) is -2.21. The Labute approximate surface area is 117 Å². The van der Waals surface area contributed by atoms with Gasteiger partial charge >= 0.3 is 13.5 Å². The Morgan fingerprint density at radius 1 is 1.38 bits per heavy atom. The minimum absolute atomic E-state index is 0.488. The topological polar surface area (TPSA) is 168 Å². The van der Waals surface area contributed by atoms with Gasteiger partial charge in [0.1, 0.15) is 13.2 Å². The summed E-state index contributed by atoms with van der Waals surface area (Å²) >= 11 is 0. The van der Waals surface area contributed by atoms with Crippen LogP contribution >= 0.6 is 7.82 Å². The quantitative estimate of drug-likeness (QED) is 0.299. The van der Waals surface area contributed by atoms with Crippen LogP contribution in [0.25, 0.3) is 0 Å². The number of aliphatic hydroxyl groups is 2. The predicted octanol–water partition coefficient (Wildman–Crippen LogP) is -2.45. The summed E-state index contributed by atoms with van der Waals surface area (Å²) in [5.41, 5.74) is -1.45. The molecule has 1 atom stereocenters. The molecule has 1 heterocycles. The van der Waals surface area contributed by atoms with Crippen LogP contribution < -0.4 is 11.2 Å². The van der Waals surface area contributed by atoms with Crippen LogP contribution in [0.15, 0.2) is 21.9 Å². The molecule has 0 aliphatic rings. The van der Waals surface area contributed by atoms with E-state index in [2.05, 4.69) is 9.05 Å². The second-order valence-corrected chi connectivity index (χ2v) is 5.25. The van der Waals surface area contributed by atoms with Crippen molar-refractivity contribution in [2.45, 2.75) is 12.8 Å². The third-order valence-electron chi connectivity index (χ3n) is 2.02. The van der Waals surface area contributed by atoms with Crippen LogP contribution in [0.3, 0.4) is 0 Å². The van der Waals surface area contributed by atoms with Gasteiger partial charge in [-0.15, -0.1) is 0 Å². The van der Waals surface area contributed by atoms with Crippen molar-refractivity contribution in [3.63, 3.8) is 0 Å². The average Bonchev–Trinajstić information content (AvgIpc) is 2.38. The lowest BCUT2D eigenvalue weighted by molar-refractivity contribution is -0.122. The summed E-state index contributed by atoms with van der Waals surface area (Å²) < 4.78 is 20.5. The second-order valence-electron chi connectivity index (χ2n) is 3.80. The van der Waals surface area contributed by atoms with E-state index in [-0.39, 0.29) is 0 Å². The highest BCUT2D eigenvalue weighted by molar-refractivity contribution is 7.47. The number of nitrogens with zero attached hydrogens (tertiary/aromatic N) is 1. The number of carbonyl (C=O) groups is 1. The van der Waals surface area contributed by atoms with Crippen molar-refractivity contribution in [3.8, 4) is 0 Å². The number of phosphoric ester groups is 1. The standard InChI is InChI=1S/C9H13N2O9P/c12-6(3-11-2-1-7(13)10-9(11)16)4-19-21(17,18)20-5-8(14)15/h1-2,8,14-15H,3-5H2,(H,17,18)(H,10,13,16). The fourth-order valence-electron chi connectivity index (χ4n) is 1.16. The molecule has 0 fully saturated rings. The van der Waals surface area contributed by atoms with Gasteiger partial charge in [0.25, 0.3) is 5.56 Å². The highest BCUT2D eigenvalue weighted by atomic mass is 31.2. The van der Waals surface area contributed by atoms with E-state index in [1.807, 2.05) is 4.98 Å². The molecule has 0 aromatic carbocycles. The number of hydrogen-bond donors (Lipinski definition) is 4. The molecule has 0 saturated heterocycles. The fraction of sp³-hybridized carbons (Fsp3) is 0.444. The summed E-state index contributed by atoms with van der Waals surface area (Å²) in [5.74, 6) is -0.744. The molecule has 0 spiro atoms. The molecule has 11 nitrogen and oxygen atoms in total. The van der Waals surface area contributed by atoms with E-state index >= 15 is 0 Å². The number of nitrogens with one attached hydrogen (secondary N) is 1. The molecule has 1 aromatic heterocycles. The van der Waals surface area contributed by atoms with E-state index in [0.717, 1.165) is 16.8 Å². The number of Topliss-reactive ketones (excluding diaryl/α,β-unsaturated/α-hetero) is 1. The van der Waals surface area contributed by atoms with Crippen LogP contribution in [-0.4, -0.2) is 49.9 Å². The van der Waals surface area contributed by atoms with E-state index in [0.29, 0.717) is 0 Å².